The van der Waals surface area contributed by atoms with E-state index in [1.165, 1.54) is 0 Å². The number of para-hydroxylation sites is 1. The number of H-pyrrole nitrogens is 1. The molecule has 5 nitrogen and oxygen atoms in total. The molecule has 2 heterocycles. The number of benzene rings is 2. The number of carbonyl (C=O) groups is 1. The molecule has 2 N–H and O–H groups in total. The summed E-state index contributed by atoms with van der Waals surface area (Å²) in [4.78, 5) is 15.8. The second-order valence-corrected chi connectivity index (χ2v) is 6.16. The first kappa shape index (κ1) is 16.3. The lowest BCUT2D eigenvalue weighted by Crippen LogP contribution is -2.28. The van der Waals surface area contributed by atoms with E-state index in [-0.39, 0.29) is 12.5 Å². The van der Waals surface area contributed by atoms with E-state index in [4.69, 9.17) is 9.47 Å². The van der Waals surface area contributed by atoms with Gasteiger partial charge in [-0.1, -0.05) is 18.2 Å². The maximum absolute atomic E-state index is 12.5. The molecule has 3 aromatic rings. The molecule has 132 valence electrons. The van der Waals surface area contributed by atoms with Gasteiger partial charge in [-0.05, 0) is 48.7 Å². The highest BCUT2D eigenvalue weighted by molar-refractivity contribution is 5.99. The minimum atomic E-state index is -0.129. The molecule has 0 saturated heterocycles. The molecule has 4 rings (SSSR count). The van der Waals surface area contributed by atoms with Crippen molar-refractivity contribution >= 4 is 22.9 Å². The molecule has 26 heavy (non-hydrogen) atoms. The molecule has 0 spiro atoms. The van der Waals surface area contributed by atoms with E-state index in [0.717, 1.165) is 33.7 Å². The van der Waals surface area contributed by atoms with Crippen molar-refractivity contribution in [2.45, 2.75) is 13.5 Å². The van der Waals surface area contributed by atoms with Gasteiger partial charge in [0.25, 0.3) is 5.91 Å². The van der Waals surface area contributed by atoms with E-state index in [1.54, 1.807) is 0 Å². The Labute approximate surface area is 151 Å². The molecule has 0 atom stereocenters. The summed E-state index contributed by atoms with van der Waals surface area (Å²) >= 11 is 0. The van der Waals surface area contributed by atoms with Crippen LogP contribution in [0.3, 0.4) is 0 Å². The van der Waals surface area contributed by atoms with Gasteiger partial charge < -0.3 is 19.8 Å². The van der Waals surface area contributed by atoms with Gasteiger partial charge in [0, 0.05) is 16.8 Å². The minimum absolute atomic E-state index is 0.129. The molecule has 0 bridgehead atoms. The van der Waals surface area contributed by atoms with Crippen LogP contribution >= 0.6 is 0 Å². The van der Waals surface area contributed by atoms with E-state index in [2.05, 4.69) is 10.3 Å². The highest BCUT2D eigenvalue weighted by Crippen LogP contribution is 2.30. The Balaban J connectivity index is 1.46. The van der Waals surface area contributed by atoms with Gasteiger partial charge in [0.2, 0.25) is 0 Å². The van der Waals surface area contributed by atoms with Crippen LogP contribution in [0.25, 0.3) is 17.0 Å². The van der Waals surface area contributed by atoms with Crippen LogP contribution in [0.2, 0.25) is 0 Å². The molecular formula is C21H20N2O3. The predicted molar refractivity (Wildman–Crippen MR) is 101 cm³/mol. The van der Waals surface area contributed by atoms with Crippen LogP contribution in [0.1, 0.15) is 18.2 Å². The number of carbonyl (C=O) groups excluding carboxylic acids is 1. The Hall–Kier alpha value is -3.21. The minimum Gasteiger partial charge on any atom is -0.494 e. The summed E-state index contributed by atoms with van der Waals surface area (Å²) in [7, 11) is 0. The standard InChI is InChI=1S/C21H20N2O3/c1-2-25-18-7-8-20-15(11-18)9-16(13-26-20)21(24)22-12-17-10-14-5-3-4-6-19(14)23-17/h3-11,23H,2,12-13H2,1H3,(H,22,24). The van der Waals surface area contributed by atoms with Crippen molar-refractivity contribution in [2.24, 2.45) is 0 Å². The fourth-order valence-electron chi connectivity index (χ4n) is 3.06. The lowest BCUT2D eigenvalue weighted by molar-refractivity contribution is -0.117. The molecular weight excluding hydrogens is 328 g/mol. The van der Waals surface area contributed by atoms with Crippen molar-refractivity contribution in [3.8, 4) is 11.5 Å². The summed E-state index contributed by atoms with van der Waals surface area (Å²) in [6.45, 7) is 3.24. The Morgan fingerprint density at radius 1 is 1.23 bits per heavy atom. The number of hydrogen-bond donors (Lipinski definition) is 2. The molecule has 0 saturated carbocycles. The SMILES string of the molecule is CCOc1ccc2c(c1)C=C(C(=O)NCc1cc3ccccc3[nH]1)CO2. The Morgan fingerprint density at radius 3 is 2.96 bits per heavy atom. The summed E-state index contributed by atoms with van der Waals surface area (Å²) in [5.41, 5.74) is 3.49. The quantitative estimate of drug-likeness (QED) is 0.740. The second-order valence-electron chi connectivity index (χ2n) is 6.16. The van der Waals surface area contributed by atoms with Crippen LogP contribution in [0.15, 0.2) is 54.1 Å². The fraction of sp³-hybridized carbons (Fsp3) is 0.190. The lowest BCUT2D eigenvalue weighted by atomic mass is 10.1. The van der Waals surface area contributed by atoms with Crippen molar-refractivity contribution in [1.82, 2.24) is 10.3 Å². The van der Waals surface area contributed by atoms with Gasteiger partial charge in [-0.3, -0.25) is 4.79 Å². The highest BCUT2D eigenvalue weighted by atomic mass is 16.5. The van der Waals surface area contributed by atoms with Gasteiger partial charge in [-0.15, -0.1) is 0 Å². The van der Waals surface area contributed by atoms with Crippen molar-refractivity contribution in [3.63, 3.8) is 0 Å². The maximum Gasteiger partial charge on any atom is 0.251 e. The Kier molecular flexibility index (Phi) is 4.35. The maximum atomic E-state index is 12.5. The van der Waals surface area contributed by atoms with Crippen molar-refractivity contribution < 1.29 is 14.3 Å². The van der Waals surface area contributed by atoms with Gasteiger partial charge in [0.05, 0.1) is 18.7 Å². The summed E-state index contributed by atoms with van der Waals surface area (Å²) < 4.78 is 11.2. The number of nitrogens with one attached hydrogen (secondary N) is 2. The first-order valence-electron chi connectivity index (χ1n) is 8.68. The number of hydrogen-bond acceptors (Lipinski definition) is 3. The zero-order valence-electron chi connectivity index (χ0n) is 14.5. The predicted octanol–water partition coefficient (Wildman–Crippen LogP) is 3.66. The lowest BCUT2D eigenvalue weighted by Gasteiger charge is -2.18. The Morgan fingerprint density at radius 2 is 2.12 bits per heavy atom. The van der Waals surface area contributed by atoms with Crippen LogP contribution in [0, 0.1) is 0 Å². The van der Waals surface area contributed by atoms with Crippen molar-refractivity contribution in [1.29, 1.82) is 0 Å². The van der Waals surface area contributed by atoms with E-state index < -0.39 is 0 Å². The topological polar surface area (TPSA) is 63.3 Å². The van der Waals surface area contributed by atoms with Crippen LogP contribution in [0.5, 0.6) is 11.5 Å². The van der Waals surface area contributed by atoms with E-state index in [1.807, 2.05) is 61.5 Å². The molecule has 1 amide bonds. The average Bonchev–Trinajstić information content (AvgIpc) is 3.09. The summed E-state index contributed by atoms with van der Waals surface area (Å²) in [6.07, 6.45) is 1.86. The van der Waals surface area contributed by atoms with Crippen LogP contribution < -0.4 is 14.8 Å². The number of aromatic nitrogens is 1. The third-order valence-electron chi connectivity index (χ3n) is 4.32. The Bertz CT molecular complexity index is 955. The van der Waals surface area contributed by atoms with Crippen molar-refractivity contribution in [3.05, 3.63) is 65.4 Å². The molecule has 1 aliphatic rings. The van der Waals surface area contributed by atoms with E-state index >= 15 is 0 Å². The molecule has 0 radical (unpaired) electrons. The second kappa shape index (κ2) is 6.96. The zero-order valence-corrected chi connectivity index (χ0v) is 14.5. The highest BCUT2D eigenvalue weighted by Gasteiger charge is 2.18. The first-order chi connectivity index (χ1) is 12.7. The summed E-state index contributed by atoms with van der Waals surface area (Å²) in [5, 5.41) is 4.08. The number of ether oxygens (including phenoxy) is 2. The molecule has 0 aliphatic carbocycles. The normalized spacial score (nSPS) is 12.9. The molecule has 0 unspecified atom stereocenters. The van der Waals surface area contributed by atoms with E-state index in [9.17, 15) is 4.79 Å². The van der Waals surface area contributed by atoms with E-state index in [0.29, 0.717) is 18.7 Å². The third-order valence-corrected chi connectivity index (χ3v) is 4.32. The number of fused-ring (bicyclic) bond motifs is 2. The average molecular weight is 348 g/mol. The van der Waals surface area contributed by atoms with Crippen LogP contribution in [-0.2, 0) is 11.3 Å². The largest absolute Gasteiger partial charge is 0.494 e. The van der Waals surface area contributed by atoms with Crippen LogP contribution in [-0.4, -0.2) is 24.1 Å². The molecule has 2 aromatic carbocycles. The van der Waals surface area contributed by atoms with Gasteiger partial charge in [0.15, 0.2) is 0 Å². The first-order valence-corrected chi connectivity index (χ1v) is 8.68. The molecule has 0 fully saturated rings. The number of aromatic amines is 1. The molecule has 5 heteroatoms. The van der Waals surface area contributed by atoms with Gasteiger partial charge in [-0.2, -0.15) is 0 Å². The van der Waals surface area contributed by atoms with Gasteiger partial charge in [0.1, 0.15) is 18.1 Å². The third kappa shape index (κ3) is 3.28. The van der Waals surface area contributed by atoms with Crippen molar-refractivity contribution in [2.75, 3.05) is 13.2 Å². The van der Waals surface area contributed by atoms with Gasteiger partial charge >= 0.3 is 0 Å². The monoisotopic (exact) mass is 348 g/mol. The number of rotatable bonds is 5. The molecule has 1 aromatic heterocycles. The summed E-state index contributed by atoms with van der Waals surface area (Å²) in [5.74, 6) is 1.41. The van der Waals surface area contributed by atoms with Gasteiger partial charge in [-0.25, -0.2) is 0 Å². The number of amides is 1. The smallest absolute Gasteiger partial charge is 0.251 e. The molecule has 1 aliphatic heterocycles. The fourth-order valence-corrected chi connectivity index (χ4v) is 3.06. The summed E-state index contributed by atoms with van der Waals surface area (Å²) in [6, 6.07) is 15.7. The zero-order chi connectivity index (χ0) is 17.9. The van der Waals surface area contributed by atoms with Crippen LogP contribution in [0.4, 0.5) is 0 Å².